The Hall–Kier alpha value is -1.30. The first kappa shape index (κ1) is 14.1. The predicted octanol–water partition coefficient (Wildman–Crippen LogP) is 0.673. The average molecular weight is 286 g/mol. The van der Waals surface area contributed by atoms with Gasteiger partial charge in [0.2, 0.25) is 5.91 Å². The van der Waals surface area contributed by atoms with E-state index in [1.54, 1.807) is 24.3 Å². The molecule has 1 amide bonds. The molecule has 1 aromatic rings. The molecule has 0 radical (unpaired) electrons. The molecule has 0 aliphatic carbocycles. The van der Waals surface area contributed by atoms with Crippen molar-refractivity contribution in [1.82, 2.24) is 4.90 Å². The Morgan fingerprint density at radius 2 is 2.05 bits per heavy atom. The number of amides is 1. The molecule has 1 aliphatic rings. The summed E-state index contributed by atoms with van der Waals surface area (Å²) >= 11 is 5.81. The van der Waals surface area contributed by atoms with Gasteiger partial charge in [-0.25, -0.2) is 0 Å². The lowest BCUT2D eigenvalue weighted by molar-refractivity contribution is -0.131. The molecular formula is C13H16ClNO4. The Bertz CT molecular complexity index is 444. The van der Waals surface area contributed by atoms with Crippen molar-refractivity contribution in [3.05, 3.63) is 29.3 Å². The third-order valence-electron chi connectivity index (χ3n) is 2.99. The SMILES string of the molecule is O=C(CCOc1cccc(Cl)c1)N1C[C@@H](O)[C@@H](O)C1. The first-order valence-electron chi connectivity index (χ1n) is 6.08. The fraction of sp³-hybridized carbons (Fsp3) is 0.462. The molecule has 104 valence electrons. The topological polar surface area (TPSA) is 70.0 Å². The number of nitrogens with zero attached hydrogens (tertiary/aromatic N) is 1. The van der Waals surface area contributed by atoms with Gasteiger partial charge in [0.25, 0.3) is 0 Å². The van der Waals surface area contributed by atoms with Crippen molar-refractivity contribution < 1.29 is 19.7 Å². The lowest BCUT2D eigenvalue weighted by atomic mass is 10.3. The molecule has 1 saturated heterocycles. The van der Waals surface area contributed by atoms with Gasteiger partial charge in [-0.15, -0.1) is 0 Å². The van der Waals surface area contributed by atoms with Crippen molar-refractivity contribution in [1.29, 1.82) is 0 Å². The number of carbonyl (C=O) groups is 1. The second-order valence-electron chi connectivity index (χ2n) is 4.49. The average Bonchev–Trinajstić information content (AvgIpc) is 2.70. The van der Waals surface area contributed by atoms with Gasteiger partial charge in [0.15, 0.2) is 0 Å². The summed E-state index contributed by atoms with van der Waals surface area (Å²) in [6.45, 7) is 0.593. The molecule has 2 atom stereocenters. The van der Waals surface area contributed by atoms with Gasteiger partial charge >= 0.3 is 0 Å². The number of hydrogen-bond acceptors (Lipinski definition) is 4. The summed E-state index contributed by atoms with van der Waals surface area (Å²) in [5.74, 6) is 0.472. The number of aliphatic hydroxyl groups excluding tert-OH is 2. The standard InChI is InChI=1S/C13H16ClNO4/c14-9-2-1-3-10(6-9)19-5-4-13(18)15-7-11(16)12(17)8-15/h1-3,6,11-12,16-17H,4-5,7-8H2/t11-,12+. The van der Waals surface area contributed by atoms with E-state index in [1.807, 2.05) is 0 Å². The highest BCUT2D eigenvalue weighted by Crippen LogP contribution is 2.17. The first-order chi connectivity index (χ1) is 9.06. The van der Waals surface area contributed by atoms with E-state index in [-0.39, 0.29) is 32.0 Å². The van der Waals surface area contributed by atoms with E-state index in [9.17, 15) is 15.0 Å². The summed E-state index contributed by atoms with van der Waals surface area (Å²) in [4.78, 5) is 13.2. The van der Waals surface area contributed by atoms with Crippen LogP contribution in [0.5, 0.6) is 5.75 Å². The van der Waals surface area contributed by atoms with Crippen LogP contribution in [-0.4, -0.2) is 52.9 Å². The van der Waals surface area contributed by atoms with Crippen molar-refractivity contribution in [2.45, 2.75) is 18.6 Å². The largest absolute Gasteiger partial charge is 0.493 e. The summed E-state index contributed by atoms with van der Waals surface area (Å²) < 4.78 is 5.41. The van der Waals surface area contributed by atoms with Crippen LogP contribution < -0.4 is 4.74 Å². The van der Waals surface area contributed by atoms with Crippen LogP contribution in [0.2, 0.25) is 5.02 Å². The number of carbonyl (C=O) groups excluding carboxylic acids is 1. The van der Waals surface area contributed by atoms with Gasteiger partial charge in [0.1, 0.15) is 5.75 Å². The molecule has 6 heteroatoms. The molecule has 1 aromatic carbocycles. The Kier molecular flexibility index (Phi) is 4.63. The maximum atomic E-state index is 11.8. The van der Waals surface area contributed by atoms with Crippen LogP contribution in [0.25, 0.3) is 0 Å². The van der Waals surface area contributed by atoms with E-state index in [0.717, 1.165) is 0 Å². The zero-order chi connectivity index (χ0) is 13.8. The number of β-amino-alcohol motifs (C(OH)–C–C–N with tert-alkyl or cyclic N) is 2. The van der Waals surface area contributed by atoms with Gasteiger partial charge in [0, 0.05) is 18.1 Å². The predicted molar refractivity (Wildman–Crippen MR) is 70.2 cm³/mol. The summed E-state index contributed by atoms with van der Waals surface area (Å²) in [5.41, 5.74) is 0. The zero-order valence-corrected chi connectivity index (χ0v) is 11.1. The van der Waals surface area contributed by atoms with Crippen LogP contribution in [0.3, 0.4) is 0 Å². The second kappa shape index (κ2) is 6.23. The van der Waals surface area contributed by atoms with E-state index in [2.05, 4.69) is 0 Å². The Balaban J connectivity index is 1.75. The quantitative estimate of drug-likeness (QED) is 0.853. The molecule has 0 unspecified atom stereocenters. The summed E-state index contributed by atoms with van der Waals surface area (Å²) in [6.07, 6.45) is -1.50. The first-order valence-corrected chi connectivity index (χ1v) is 6.46. The molecule has 1 aliphatic heterocycles. The van der Waals surface area contributed by atoms with Crippen LogP contribution in [0.15, 0.2) is 24.3 Å². The molecule has 1 heterocycles. The van der Waals surface area contributed by atoms with Crippen molar-refractivity contribution in [3.63, 3.8) is 0 Å². The smallest absolute Gasteiger partial charge is 0.226 e. The van der Waals surface area contributed by atoms with Gasteiger partial charge in [-0.2, -0.15) is 0 Å². The molecule has 2 rings (SSSR count). The fourth-order valence-electron chi connectivity index (χ4n) is 1.94. The lowest BCUT2D eigenvalue weighted by Gasteiger charge is -2.15. The Morgan fingerprint density at radius 3 is 2.68 bits per heavy atom. The number of ether oxygens (including phenoxy) is 1. The molecule has 0 saturated carbocycles. The summed E-state index contributed by atoms with van der Waals surface area (Å²) in [7, 11) is 0. The number of hydrogen-bond donors (Lipinski definition) is 2. The number of benzene rings is 1. The number of aliphatic hydroxyl groups is 2. The van der Waals surface area contributed by atoms with E-state index in [4.69, 9.17) is 16.3 Å². The second-order valence-corrected chi connectivity index (χ2v) is 4.93. The van der Waals surface area contributed by atoms with Crippen molar-refractivity contribution >= 4 is 17.5 Å². The van der Waals surface area contributed by atoms with Crippen molar-refractivity contribution in [3.8, 4) is 5.75 Å². The van der Waals surface area contributed by atoms with Crippen LogP contribution in [-0.2, 0) is 4.79 Å². The molecule has 19 heavy (non-hydrogen) atoms. The van der Waals surface area contributed by atoms with Gasteiger partial charge in [-0.05, 0) is 18.2 Å². The number of halogens is 1. The summed E-state index contributed by atoms with van der Waals surface area (Å²) in [6, 6.07) is 6.95. The molecule has 0 spiro atoms. The van der Waals surface area contributed by atoms with E-state index in [0.29, 0.717) is 10.8 Å². The fourth-order valence-corrected chi connectivity index (χ4v) is 2.12. The highest BCUT2D eigenvalue weighted by Gasteiger charge is 2.32. The van der Waals surface area contributed by atoms with Gasteiger partial charge in [-0.3, -0.25) is 4.79 Å². The molecule has 1 fully saturated rings. The van der Waals surface area contributed by atoms with E-state index >= 15 is 0 Å². The Morgan fingerprint density at radius 1 is 1.37 bits per heavy atom. The lowest BCUT2D eigenvalue weighted by Crippen LogP contribution is -2.30. The highest BCUT2D eigenvalue weighted by atomic mass is 35.5. The minimum Gasteiger partial charge on any atom is -0.493 e. The molecule has 2 N–H and O–H groups in total. The van der Waals surface area contributed by atoms with Crippen molar-refractivity contribution in [2.75, 3.05) is 19.7 Å². The minimum absolute atomic E-state index is 0.141. The van der Waals surface area contributed by atoms with Crippen LogP contribution in [0.4, 0.5) is 0 Å². The maximum Gasteiger partial charge on any atom is 0.226 e. The summed E-state index contributed by atoms with van der Waals surface area (Å²) in [5, 5.41) is 19.3. The third-order valence-corrected chi connectivity index (χ3v) is 3.23. The van der Waals surface area contributed by atoms with Crippen molar-refractivity contribution in [2.24, 2.45) is 0 Å². The van der Waals surface area contributed by atoms with Gasteiger partial charge in [0.05, 0.1) is 25.2 Å². The van der Waals surface area contributed by atoms with Crippen LogP contribution in [0.1, 0.15) is 6.42 Å². The van der Waals surface area contributed by atoms with E-state index < -0.39 is 12.2 Å². The third kappa shape index (κ3) is 3.83. The van der Waals surface area contributed by atoms with E-state index in [1.165, 1.54) is 4.90 Å². The number of likely N-dealkylation sites (tertiary alicyclic amines) is 1. The van der Waals surface area contributed by atoms with Gasteiger partial charge in [-0.1, -0.05) is 17.7 Å². The number of rotatable bonds is 4. The Labute approximate surface area is 116 Å². The minimum atomic E-state index is -0.849. The molecule has 0 bridgehead atoms. The van der Waals surface area contributed by atoms with Crippen LogP contribution in [0, 0.1) is 0 Å². The van der Waals surface area contributed by atoms with Gasteiger partial charge < -0.3 is 19.8 Å². The normalized spacial score (nSPS) is 22.6. The molecular weight excluding hydrogens is 270 g/mol. The molecule has 5 nitrogen and oxygen atoms in total. The molecule has 0 aromatic heterocycles. The maximum absolute atomic E-state index is 11.8. The monoisotopic (exact) mass is 285 g/mol. The zero-order valence-electron chi connectivity index (χ0n) is 10.3. The highest BCUT2D eigenvalue weighted by molar-refractivity contribution is 6.30. The van der Waals surface area contributed by atoms with Crippen LogP contribution >= 0.6 is 11.6 Å².